The minimum absolute atomic E-state index is 0.170. The summed E-state index contributed by atoms with van der Waals surface area (Å²) in [6.07, 6.45) is 3.31. The van der Waals surface area contributed by atoms with Gasteiger partial charge >= 0.3 is 0 Å². The van der Waals surface area contributed by atoms with Crippen LogP contribution >= 0.6 is 0 Å². The van der Waals surface area contributed by atoms with E-state index in [2.05, 4.69) is 15.4 Å². The van der Waals surface area contributed by atoms with Crippen LogP contribution in [0.25, 0.3) is 21.8 Å². The molecule has 1 amide bonds. The Morgan fingerprint density at radius 1 is 1.08 bits per heavy atom. The summed E-state index contributed by atoms with van der Waals surface area (Å²) in [5.41, 5.74) is 4.75. The third kappa shape index (κ3) is 2.44. The van der Waals surface area contributed by atoms with E-state index in [1.807, 2.05) is 36.5 Å². The third-order valence-electron chi connectivity index (χ3n) is 3.94. The molecule has 0 fully saturated rings. The van der Waals surface area contributed by atoms with Crippen LogP contribution in [0.1, 0.15) is 5.56 Å². The molecule has 0 saturated carbocycles. The number of para-hydroxylation sites is 2. The molecule has 0 unspecified atom stereocenters. The number of rotatable bonds is 3. The predicted octanol–water partition coefficient (Wildman–Crippen LogP) is 2.19. The highest BCUT2D eigenvalue weighted by molar-refractivity contribution is 5.92. The number of H-pyrrole nitrogens is 1. The van der Waals surface area contributed by atoms with Crippen LogP contribution in [0.2, 0.25) is 0 Å². The zero-order chi connectivity index (χ0) is 16.5. The van der Waals surface area contributed by atoms with Gasteiger partial charge in [-0.05, 0) is 23.8 Å². The van der Waals surface area contributed by atoms with Gasteiger partial charge < -0.3 is 4.98 Å². The first-order chi connectivity index (χ1) is 11.7. The summed E-state index contributed by atoms with van der Waals surface area (Å²) >= 11 is 0. The van der Waals surface area contributed by atoms with Crippen molar-refractivity contribution in [2.45, 2.75) is 6.42 Å². The number of nitrogens with zero attached hydrogens (tertiary/aromatic N) is 2. The SMILES string of the molecule is O=C(Cc1c[nH]c2ccccc12)Nn1cnc2ccccc2c1=O. The topological polar surface area (TPSA) is 79.8 Å². The maximum Gasteiger partial charge on any atom is 0.280 e. The van der Waals surface area contributed by atoms with Gasteiger partial charge in [-0.15, -0.1) is 0 Å². The average molecular weight is 318 g/mol. The van der Waals surface area contributed by atoms with Gasteiger partial charge in [0.05, 0.1) is 17.3 Å². The first-order valence-corrected chi connectivity index (χ1v) is 7.53. The maximum atomic E-state index is 12.4. The van der Waals surface area contributed by atoms with Crippen molar-refractivity contribution in [3.63, 3.8) is 0 Å². The molecule has 0 radical (unpaired) electrons. The maximum absolute atomic E-state index is 12.4. The summed E-state index contributed by atoms with van der Waals surface area (Å²) < 4.78 is 1.12. The lowest BCUT2D eigenvalue weighted by Gasteiger charge is -2.08. The summed E-state index contributed by atoms with van der Waals surface area (Å²) in [5.74, 6) is -0.279. The molecule has 0 aliphatic heterocycles. The number of aromatic nitrogens is 3. The molecular formula is C18H14N4O2. The van der Waals surface area contributed by atoms with E-state index in [-0.39, 0.29) is 17.9 Å². The Morgan fingerprint density at radius 3 is 2.71 bits per heavy atom. The van der Waals surface area contributed by atoms with Crippen LogP contribution in [0.5, 0.6) is 0 Å². The summed E-state index contributed by atoms with van der Waals surface area (Å²) in [6.45, 7) is 0. The Morgan fingerprint density at radius 2 is 1.83 bits per heavy atom. The van der Waals surface area contributed by atoms with Crippen LogP contribution in [0.15, 0.2) is 65.8 Å². The molecule has 0 aliphatic rings. The molecule has 6 heteroatoms. The molecule has 118 valence electrons. The van der Waals surface area contributed by atoms with Gasteiger partial charge in [0.1, 0.15) is 6.33 Å². The molecule has 0 atom stereocenters. The second-order valence-electron chi connectivity index (χ2n) is 5.51. The Hall–Kier alpha value is -3.41. The number of amides is 1. The number of aromatic amines is 1. The molecule has 2 heterocycles. The minimum atomic E-state index is -0.298. The molecule has 4 rings (SSSR count). The lowest BCUT2D eigenvalue weighted by atomic mass is 10.1. The van der Waals surface area contributed by atoms with Crippen LogP contribution in [0.3, 0.4) is 0 Å². The Kier molecular flexibility index (Phi) is 3.35. The largest absolute Gasteiger partial charge is 0.361 e. The van der Waals surface area contributed by atoms with Crippen LogP contribution in [0, 0.1) is 0 Å². The Balaban J connectivity index is 1.60. The van der Waals surface area contributed by atoms with Gasteiger partial charge in [0, 0.05) is 17.1 Å². The summed E-state index contributed by atoms with van der Waals surface area (Å²) in [5, 5.41) is 1.46. The predicted molar refractivity (Wildman–Crippen MR) is 92.4 cm³/mol. The van der Waals surface area contributed by atoms with Gasteiger partial charge in [-0.3, -0.25) is 15.0 Å². The van der Waals surface area contributed by atoms with Crippen LogP contribution in [-0.2, 0) is 11.2 Å². The van der Waals surface area contributed by atoms with Crippen molar-refractivity contribution in [1.29, 1.82) is 0 Å². The Labute approximate surface area is 136 Å². The van der Waals surface area contributed by atoms with Gasteiger partial charge in [-0.1, -0.05) is 30.3 Å². The summed E-state index contributed by atoms with van der Waals surface area (Å²) in [7, 11) is 0. The van der Waals surface area contributed by atoms with Crippen molar-refractivity contribution in [2.75, 3.05) is 5.43 Å². The highest BCUT2D eigenvalue weighted by Gasteiger charge is 2.10. The molecular weight excluding hydrogens is 304 g/mol. The molecule has 24 heavy (non-hydrogen) atoms. The number of nitrogens with one attached hydrogen (secondary N) is 2. The zero-order valence-corrected chi connectivity index (χ0v) is 12.7. The van der Waals surface area contributed by atoms with Crippen molar-refractivity contribution in [3.05, 3.63) is 77.0 Å². The first kappa shape index (κ1) is 14.2. The fourth-order valence-electron chi connectivity index (χ4n) is 2.77. The Bertz CT molecular complexity index is 1110. The molecule has 0 saturated heterocycles. The van der Waals surface area contributed by atoms with E-state index in [1.165, 1.54) is 6.33 Å². The van der Waals surface area contributed by atoms with Crippen molar-refractivity contribution < 1.29 is 4.79 Å². The van der Waals surface area contributed by atoms with Crippen LogP contribution in [-0.4, -0.2) is 20.6 Å². The highest BCUT2D eigenvalue weighted by atomic mass is 16.2. The van der Waals surface area contributed by atoms with E-state index < -0.39 is 0 Å². The van der Waals surface area contributed by atoms with Crippen molar-refractivity contribution >= 4 is 27.7 Å². The quantitative estimate of drug-likeness (QED) is 0.608. The smallest absolute Gasteiger partial charge is 0.280 e. The second kappa shape index (κ2) is 5.66. The lowest BCUT2D eigenvalue weighted by Crippen LogP contribution is -2.34. The van der Waals surface area contributed by atoms with Gasteiger partial charge in [-0.2, -0.15) is 0 Å². The van der Waals surface area contributed by atoms with Crippen LogP contribution in [0.4, 0.5) is 0 Å². The third-order valence-corrected chi connectivity index (χ3v) is 3.94. The zero-order valence-electron chi connectivity index (χ0n) is 12.7. The van der Waals surface area contributed by atoms with Gasteiger partial charge in [0.25, 0.3) is 5.56 Å². The van der Waals surface area contributed by atoms with Crippen molar-refractivity contribution in [3.8, 4) is 0 Å². The van der Waals surface area contributed by atoms with E-state index in [9.17, 15) is 9.59 Å². The van der Waals surface area contributed by atoms with E-state index in [0.717, 1.165) is 21.1 Å². The van der Waals surface area contributed by atoms with Crippen molar-refractivity contribution in [1.82, 2.24) is 14.6 Å². The molecule has 0 bridgehead atoms. The number of benzene rings is 2. The first-order valence-electron chi connectivity index (χ1n) is 7.53. The fraction of sp³-hybridized carbons (Fsp3) is 0.0556. The van der Waals surface area contributed by atoms with E-state index >= 15 is 0 Å². The molecule has 0 spiro atoms. The second-order valence-corrected chi connectivity index (χ2v) is 5.51. The lowest BCUT2D eigenvalue weighted by molar-refractivity contribution is -0.116. The number of carbonyl (C=O) groups excluding carboxylic acids is 1. The molecule has 4 aromatic rings. The fourth-order valence-corrected chi connectivity index (χ4v) is 2.77. The van der Waals surface area contributed by atoms with Gasteiger partial charge in [0.15, 0.2) is 0 Å². The number of fused-ring (bicyclic) bond motifs is 2. The van der Waals surface area contributed by atoms with E-state index in [0.29, 0.717) is 10.9 Å². The minimum Gasteiger partial charge on any atom is -0.361 e. The molecule has 2 aromatic heterocycles. The molecule has 0 aliphatic carbocycles. The normalized spacial score (nSPS) is 11.0. The monoisotopic (exact) mass is 318 g/mol. The van der Waals surface area contributed by atoms with Gasteiger partial charge in [0.2, 0.25) is 5.91 Å². The van der Waals surface area contributed by atoms with Gasteiger partial charge in [-0.25, -0.2) is 9.66 Å². The van der Waals surface area contributed by atoms with E-state index in [1.54, 1.807) is 18.2 Å². The molecule has 6 nitrogen and oxygen atoms in total. The standard InChI is InChI=1S/C18H14N4O2/c23-17(9-12-10-19-15-7-3-1-5-13(12)15)21-22-11-20-16-8-4-2-6-14(16)18(22)24/h1-8,10-11,19H,9H2,(H,21,23). The summed E-state index contributed by atoms with van der Waals surface area (Å²) in [6, 6.07) is 14.8. The van der Waals surface area contributed by atoms with Crippen molar-refractivity contribution in [2.24, 2.45) is 0 Å². The highest BCUT2D eigenvalue weighted by Crippen LogP contribution is 2.18. The number of hydrogen-bond donors (Lipinski definition) is 2. The van der Waals surface area contributed by atoms with Crippen LogP contribution < -0.4 is 11.0 Å². The number of carbonyl (C=O) groups is 1. The average Bonchev–Trinajstić information content (AvgIpc) is 3.01. The number of hydrogen-bond acceptors (Lipinski definition) is 3. The molecule has 2 N–H and O–H groups in total. The van der Waals surface area contributed by atoms with E-state index in [4.69, 9.17) is 0 Å². The summed E-state index contributed by atoms with van der Waals surface area (Å²) in [4.78, 5) is 32.0. The molecule has 2 aromatic carbocycles.